The van der Waals surface area contributed by atoms with Crippen molar-refractivity contribution in [2.75, 3.05) is 19.7 Å². The molecule has 1 aromatic heterocycles. The Bertz CT molecular complexity index is 899. The van der Waals surface area contributed by atoms with Crippen molar-refractivity contribution in [2.24, 2.45) is 0 Å². The molecule has 0 spiro atoms. The smallest absolute Gasteiger partial charge is 0.274 e. The van der Waals surface area contributed by atoms with Crippen molar-refractivity contribution >= 4 is 27.5 Å². The number of amides is 1. The summed E-state index contributed by atoms with van der Waals surface area (Å²) in [5, 5.41) is 0.712. The Kier molecular flexibility index (Phi) is 5.25. The summed E-state index contributed by atoms with van der Waals surface area (Å²) in [6.45, 7) is 3.45. The van der Waals surface area contributed by atoms with Gasteiger partial charge in [-0.2, -0.15) is 0 Å². The van der Waals surface area contributed by atoms with Crippen LogP contribution in [-0.4, -0.2) is 41.6 Å². The zero-order chi connectivity index (χ0) is 18.6. The van der Waals surface area contributed by atoms with E-state index in [0.29, 0.717) is 18.3 Å². The van der Waals surface area contributed by atoms with E-state index in [1.807, 2.05) is 54.3 Å². The maximum absolute atomic E-state index is 12.4. The Labute approximate surface area is 162 Å². The van der Waals surface area contributed by atoms with Gasteiger partial charge < -0.3 is 14.4 Å². The van der Waals surface area contributed by atoms with E-state index in [0.717, 1.165) is 34.4 Å². The van der Waals surface area contributed by atoms with Gasteiger partial charge in [0.1, 0.15) is 11.9 Å². The number of benzene rings is 2. The summed E-state index contributed by atoms with van der Waals surface area (Å²) in [6.07, 6.45) is 1.73. The lowest BCUT2D eigenvalue weighted by atomic mass is 10.1. The van der Waals surface area contributed by atoms with Crippen LogP contribution in [0, 0.1) is 6.92 Å². The van der Waals surface area contributed by atoms with Gasteiger partial charge in [0.25, 0.3) is 11.1 Å². The molecule has 0 bridgehead atoms. The number of piperidine rings is 1. The molecule has 0 radical (unpaired) electrons. The fourth-order valence-electron chi connectivity index (χ4n) is 3.21. The second-order valence-electron chi connectivity index (χ2n) is 6.75. The average molecular weight is 382 g/mol. The summed E-state index contributed by atoms with van der Waals surface area (Å²) in [6, 6.07) is 15.8. The van der Waals surface area contributed by atoms with Crippen molar-refractivity contribution in [3.63, 3.8) is 0 Å². The monoisotopic (exact) mass is 382 g/mol. The number of aromatic nitrogens is 1. The molecule has 0 atom stereocenters. The van der Waals surface area contributed by atoms with Gasteiger partial charge in [-0.05, 0) is 36.8 Å². The molecule has 2 aromatic carbocycles. The molecule has 1 saturated heterocycles. The number of para-hydroxylation sites is 1. The van der Waals surface area contributed by atoms with Crippen LogP contribution in [0.15, 0.2) is 48.5 Å². The molecule has 5 nitrogen and oxygen atoms in total. The van der Waals surface area contributed by atoms with E-state index in [9.17, 15) is 4.79 Å². The molecule has 1 aliphatic heterocycles. The molecule has 1 aliphatic rings. The Morgan fingerprint density at radius 2 is 2.00 bits per heavy atom. The Hall–Kier alpha value is -2.60. The second-order valence-corrected chi connectivity index (χ2v) is 7.74. The van der Waals surface area contributed by atoms with Crippen LogP contribution in [0.4, 0.5) is 0 Å². The van der Waals surface area contributed by atoms with E-state index < -0.39 is 0 Å². The Morgan fingerprint density at radius 1 is 1.19 bits per heavy atom. The molecular weight excluding hydrogens is 360 g/mol. The maximum Gasteiger partial charge on any atom is 0.274 e. The van der Waals surface area contributed by atoms with Crippen molar-refractivity contribution in [3.8, 4) is 10.9 Å². The summed E-state index contributed by atoms with van der Waals surface area (Å²) in [5.74, 6) is 0.757. The first kappa shape index (κ1) is 17.8. The van der Waals surface area contributed by atoms with Crippen molar-refractivity contribution in [1.29, 1.82) is 0 Å². The molecule has 4 rings (SSSR count). The first-order valence-corrected chi connectivity index (χ1v) is 9.98. The van der Waals surface area contributed by atoms with E-state index >= 15 is 0 Å². The summed E-state index contributed by atoms with van der Waals surface area (Å²) in [7, 11) is 0. The van der Waals surface area contributed by atoms with E-state index in [4.69, 9.17) is 9.47 Å². The number of carbonyl (C=O) groups is 1. The number of likely N-dealkylation sites (tertiary alicyclic amines) is 1. The minimum absolute atomic E-state index is 0.0231. The summed E-state index contributed by atoms with van der Waals surface area (Å²) < 4.78 is 12.8. The van der Waals surface area contributed by atoms with Gasteiger partial charge >= 0.3 is 0 Å². The minimum Gasteiger partial charge on any atom is -0.484 e. The third-order valence-corrected chi connectivity index (χ3v) is 5.62. The SMILES string of the molecule is Cc1cccc(OCC(=O)N2CCC(Oc3nc4ccccc4s3)CC2)c1. The van der Waals surface area contributed by atoms with Gasteiger partial charge in [-0.25, -0.2) is 4.98 Å². The molecule has 0 aliphatic carbocycles. The lowest BCUT2D eigenvalue weighted by Gasteiger charge is -2.31. The molecule has 2 heterocycles. The van der Waals surface area contributed by atoms with Crippen LogP contribution in [0.2, 0.25) is 0 Å². The molecule has 6 heteroatoms. The second kappa shape index (κ2) is 7.96. The van der Waals surface area contributed by atoms with Gasteiger partial charge in [0.15, 0.2) is 6.61 Å². The lowest BCUT2D eigenvalue weighted by Crippen LogP contribution is -2.43. The van der Waals surface area contributed by atoms with Crippen LogP contribution in [0.1, 0.15) is 18.4 Å². The van der Waals surface area contributed by atoms with E-state index in [1.165, 1.54) is 0 Å². The van der Waals surface area contributed by atoms with E-state index in [-0.39, 0.29) is 18.6 Å². The molecule has 0 N–H and O–H groups in total. The third kappa shape index (κ3) is 4.39. The highest BCUT2D eigenvalue weighted by Crippen LogP contribution is 2.29. The summed E-state index contributed by atoms with van der Waals surface area (Å²) in [4.78, 5) is 18.8. The number of thiazole rings is 1. The quantitative estimate of drug-likeness (QED) is 0.668. The molecule has 140 valence electrons. The number of hydrogen-bond acceptors (Lipinski definition) is 5. The molecule has 1 fully saturated rings. The number of fused-ring (bicyclic) bond motifs is 1. The van der Waals surface area contributed by atoms with Crippen LogP contribution in [0.3, 0.4) is 0 Å². The van der Waals surface area contributed by atoms with E-state index in [2.05, 4.69) is 11.1 Å². The van der Waals surface area contributed by atoms with Gasteiger partial charge in [-0.15, -0.1) is 0 Å². The summed E-state index contributed by atoms with van der Waals surface area (Å²) >= 11 is 1.57. The van der Waals surface area contributed by atoms with Gasteiger partial charge in [-0.1, -0.05) is 35.6 Å². The third-order valence-electron chi connectivity index (χ3n) is 4.69. The number of nitrogens with zero attached hydrogens (tertiary/aromatic N) is 2. The topological polar surface area (TPSA) is 51.7 Å². The van der Waals surface area contributed by atoms with Gasteiger partial charge in [0, 0.05) is 25.9 Å². The van der Waals surface area contributed by atoms with Gasteiger partial charge in [-0.3, -0.25) is 4.79 Å². The molecule has 0 unspecified atom stereocenters. The first-order valence-electron chi connectivity index (χ1n) is 9.17. The number of ether oxygens (including phenoxy) is 2. The van der Waals surface area contributed by atoms with E-state index in [1.54, 1.807) is 11.3 Å². The lowest BCUT2D eigenvalue weighted by molar-refractivity contribution is -0.135. The molecule has 1 amide bonds. The average Bonchev–Trinajstić information content (AvgIpc) is 3.09. The number of aryl methyl sites for hydroxylation is 1. The first-order chi connectivity index (χ1) is 13.2. The van der Waals surface area contributed by atoms with Crippen LogP contribution in [0.5, 0.6) is 10.9 Å². The highest BCUT2D eigenvalue weighted by molar-refractivity contribution is 7.20. The Balaban J connectivity index is 1.26. The largest absolute Gasteiger partial charge is 0.484 e. The van der Waals surface area contributed by atoms with Crippen LogP contribution in [0.25, 0.3) is 10.2 Å². The van der Waals surface area contributed by atoms with Crippen molar-refractivity contribution in [1.82, 2.24) is 9.88 Å². The fourth-order valence-corrected chi connectivity index (χ4v) is 4.09. The van der Waals surface area contributed by atoms with Gasteiger partial charge in [0.05, 0.1) is 10.2 Å². The normalized spacial score (nSPS) is 15.1. The van der Waals surface area contributed by atoms with Crippen molar-refractivity contribution in [2.45, 2.75) is 25.9 Å². The van der Waals surface area contributed by atoms with Crippen molar-refractivity contribution < 1.29 is 14.3 Å². The summed E-state index contributed by atoms with van der Waals surface area (Å²) in [5.41, 5.74) is 2.09. The number of hydrogen-bond donors (Lipinski definition) is 0. The van der Waals surface area contributed by atoms with Crippen molar-refractivity contribution in [3.05, 3.63) is 54.1 Å². The molecular formula is C21H22N2O3S. The number of rotatable bonds is 5. The molecule has 0 saturated carbocycles. The van der Waals surface area contributed by atoms with Gasteiger partial charge in [0.2, 0.25) is 0 Å². The zero-order valence-corrected chi connectivity index (χ0v) is 16.1. The standard InChI is InChI=1S/C21H22N2O3S/c1-15-5-4-6-17(13-15)25-14-20(24)23-11-9-16(10-12-23)26-21-22-18-7-2-3-8-19(18)27-21/h2-8,13,16H,9-12,14H2,1H3. The van der Waals surface area contributed by atoms with Crippen LogP contribution in [-0.2, 0) is 4.79 Å². The predicted octanol–water partition coefficient (Wildman–Crippen LogP) is 4.05. The fraction of sp³-hybridized carbons (Fsp3) is 0.333. The predicted molar refractivity (Wildman–Crippen MR) is 107 cm³/mol. The Morgan fingerprint density at radius 3 is 2.78 bits per heavy atom. The number of carbonyl (C=O) groups excluding carboxylic acids is 1. The zero-order valence-electron chi connectivity index (χ0n) is 15.3. The molecule has 3 aromatic rings. The highest BCUT2D eigenvalue weighted by atomic mass is 32.1. The maximum atomic E-state index is 12.4. The highest BCUT2D eigenvalue weighted by Gasteiger charge is 2.25. The minimum atomic E-state index is 0.0231. The van der Waals surface area contributed by atoms with Crippen LogP contribution < -0.4 is 9.47 Å². The van der Waals surface area contributed by atoms with Crippen LogP contribution >= 0.6 is 11.3 Å². The molecule has 27 heavy (non-hydrogen) atoms.